The van der Waals surface area contributed by atoms with Crippen molar-refractivity contribution in [2.24, 2.45) is 11.8 Å². The minimum absolute atomic E-state index is 0.0484. The van der Waals surface area contributed by atoms with Gasteiger partial charge in [-0.1, -0.05) is 19.9 Å². The lowest BCUT2D eigenvalue weighted by atomic mass is 10.0. The van der Waals surface area contributed by atoms with E-state index in [1.165, 1.54) is 5.56 Å². The molecule has 1 saturated heterocycles. The molecule has 0 unspecified atom stereocenters. The first-order chi connectivity index (χ1) is 16.0. The lowest BCUT2D eigenvalue weighted by Gasteiger charge is -2.24. The molecule has 1 amide bonds. The Hall–Kier alpha value is -2.65. The van der Waals surface area contributed by atoms with Crippen molar-refractivity contribution in [3.8, 4) is 11.5 Å². The molecule has 9 nitrogen and oxygen atoms in total. The van der Waals surface area contributed by atoms with Crippen LogP contribution < -0.4 is 14.8 Å². The van der Waals surface area contributed by atoms with E-state index in [-0.39, 0.29) is 23.8 Å². The number of hydrogen-bond acceptors (Lipinski definition) is 7. The maximum Gasteiger partial charge on any atom is 0.226 e. The van der Waals surface area contributed by atoms with E-state index >= 15 is 0 Å². The van der Waals surface area contributed by atoms with Gasteiger partial charge in [-0.2, -0.15) is 0 Å². The normalized spacial score (nSPS) is 19.7. The second-order valence-corrected chi connectivity index (χ2v) is 9.13. The topological polar surface area (TPSA) is 90.7 Å². The molecule has 1 aromatic heterocycles. The van der Waals surface area contributed by atoms with Gasteiger partial charge in [-0.25, -0.2) is 0 Å². The number of aromatic nitrogens is 3. The molecule has 0 saturated carbocycles. The molecule has 0 radical (unpaired) electrons. The van der Waals surface area contributed by atoms with Gasteiger partial charge in [-0.3, -0.25) is 9.69 Å². The molecule has 4 rings (SSSR count). The van der Waals surface area contributed by atoms with E-state index in [0.717, 1.165) is 62.2 Å². The number of benzene rings is 1. The zero-order chi connectivity index (χ0) is 23.4. The third-order valence-corrected chi connectivity index (χ3v) is 6.54. The molecular formula is C24H35N5O4. The quantitative estimate of drug-likeness (QED) is 0.650. The zero-order valence-electron chi connectivity index (χ0n) is 20.0. The summed E-state index contributed by atoms with van der Waals surface area (Å²) in [4.78, 5) is 15.2. The lowest BCUT2D eigenvalue weighted by molar-refractivity contribution is -0.126. The monoisotopic (exact) mass is 457 g/mol. The van der Waals surface area contributed by atoms with Crippen LogP contribution in [-0.2, 0) is 29.0 Å². The van der Waals surface area contributed by atoms with Crippen molar-refractivity contribution in [1.82, 2.24) is 25.0 Å². The number of nitrogens with zero attached hydrogens (tertiary/aromatic N) is 4. The highest BCUT2D eigenvalue weighted by atomic mass is 16.5. The average molecular weight is 458 g/mol. The highest BCUT2D eigenvalue weighted by molar-refractivity contribution is 5.79. The van der Waals surface area contributed by atoms with Crippen molar-refractivity contribution in [3.63, 3.8) is 0 Å². The zero-order valence-corrected chi connectivity index (χ0v) is 20.0. The van der Waals surface area contributed by atoms with Crippen LogP contribution in [0.3, 0.4) is 0 Å². The van der Waals surface area contributed by atoms with Gasteiger partial charge in [0.15, 0.2) is 17.3 Å². The number of ether oxygens (including phenoxy) is 3. The fraction of sp³-hybridized carbons (Fsp3) is 0.625. The van der Waals surface area contributed by atoms with E-state index in [1.807, 2.05) is 12.1 Å². The van der Waals surface area contributed by atoms with Gasteiger partial charge in [0.1, 0.15) is 5.82 Å². The molecule has 3 heterocycles. The van der Waals surface area contributed by atoms with Crippen LogP contribution in [-0.4, -0.2) is 66.1 Å². The SMILES string of the molecule is COc1ccc(CN2CCc3nnc([C@@H](NC(=O)[C@H]4CCOC4)C(C)C)n3CC2)cc1OC. The predicted octanol–water partition coefficient (Wildman–Crippen LogP) is 2.20. The van der Waals surface area contributed by atoms with Crippen molar-refractivity contribution in [1.29, 1.82) is 0 Å². The summed E-state index contributed by atoms with van der Waals surface area (Å²) in [5.74, 6) is 3.48. The molecule has 1 fully saturated rings. The molecule has 33 heavy (non-hydrogen) atoms. The molecule has 0 bridgehead atoms. The van der Waals surface area contributed by atoms with Crippen LogP contribution in [0, 0.1) is 11.8 Å². The summed E-state index contributed by atoms with van der Waals surface area (Å²) < 4.78 is 18.4. The maximum atomic E-state index is 12.8. The molecule has 0 aliphatic carbocycles. The van der Waals surface area contributed by atoms with Crippen LogP contribution >= 0.6 is 0 Å². The van der Waals surface area contributed by atoms with Gasteiger partial charge in [0, 0.05) is 39.2 Å². The van der Waals surface area contributed by atoms with E-state index in [2.05, 4.69) is 44.9 Å². The maximum absolute atomic E-state index is 12.8. The summed E-state index contributed by atoms with van der Waals surface area (Å²) in [6.07, 6.45) is 1.59. The Kier molecular flexibility index (Phi) is 7.49. The van der Waals surface area contributed by atoms with E-state index < -0.39 is 0 Å². The van der Waals surface area contributed by atoms with Gasteiger partial charge in [0.2, 0.25) is 5.91 Å². The minimum Gasteiger partial charge on any atom is -0.493 e. The van der Waals surface area contributed by atoms with E-state index in [0.29, 0.717) is 13.2 Å². The molecule has 2 aliphatic rings. The number of nitrogens with one attached hydrogen (secondary N) is 1. The summed E-state index contributed by atoms with van der Waals surface area (Å²) in [5, 5.41) is 12.2. The highest BCUT2D eigenvalue weighted by Crippen LogP contribution is 2.29. The first-order valence-electron chi connectivity index (χ1n) is 11.7. The molecule has 0 spiro atoms. The van der Waals surface area contributed by atoms with Crippen molar-refractivity contribution in [2.45, 2.75) is 45.8 Å². The van der Waals surface area contributed by atoms with Crippen LogP contribution in [0.15, 0.2) is 18.2 Å². The fourth-order valence-corrected chi connectivity index (χ4v) is 4.56. The second-order valence-electron chi connectivity index (χ2n) is 9.13. The van der Waals surface area contributed by atoms with Gasteiger partial charge in [0.05, 0.1) is 32.8 Å². The van der Waals surface area contributed by atoms with Crippen LogP contribution in [0.25, 0.3) is 0 Å². The first kappa shape index (κ1) is 23.5. The summed E-state index contributed by atoms with van der Waals surface area (Å²) in [5.41, 5.74) is 1.18. The predicted molar refractivity (Wildman–Crippen MR) is 123 cm³/mol. The summed E-state index contributed by atoms with van der Waals surface area (Å²) >= 11 is 0. The second kappa shape index (κ2) is 10.5. The molecule has 2 aliphatic heterocycles. The van der Waals surface area contributed by atoms with Crippen molar-refractivity contribution in [3.05, 3.63) is 35.4 Å². The Balaban J connectivity index is 1.45. The van der Waals surface area contributed by atoms with E-state index in [9.17, 15) is 4.79 Å². The highest BCUT2D eigenvalue weighted by Gasteiger charge is 2.31. The van der Waals surface area contributed by atoms with E-state index in [1.54, 1.807) is 14.2 Å². The van der Waals surface area contributed by atoms with Crippen molar-refractivity contribution < 1.29 is 19.0 Å². The summed E-state index contributed by atoms with van der Waals surface area (Å²) in [7, 11) is 3.30. The Labute approximate surface area is 195 Å². The standard InChI is InChI=1S/C24H35N5O4/c1-16(2)22(25-24(30)18-8-12-33-15-18)23-27-26-21-7-9-28(10-11-29(21)23)14-17-5-6-19(31-3)20(13-17)32-4/h5-6,13,16,18,22H,7-12,14-15H2,1-4H3,(H,25,30)/t18-,22-/m0/s1. The largest absolute Gasteiger partial charge is 0.493 e. The molecule has 1 aromatic carbocycles. The third kappa shape index (κ3) is 5.30. The molecular weight excluding hydrogens is 422 g/mol. The number of methoxy groups -OCH3 is 2. The van der Waals surface area contributed by atoms with Crippen molar-refractivity contribution in [2.75, 3.05) is 40.5 Å². The van der Waals surface area contributed by atoms with Crippen LogP contribution in [0.1, 0.15) is 43.5 Å². The number of carbonyl (C=O) groups excluding carboxylic acids is 1. The average Bonchev–Trinajstić information content (AvgIpc) is 3.45. The Bertz CT molecular complexity index is 954. The Morgan fingerprint density at radius 2 is 2.00 bits per heavy atom. The van der Waals surface area contributed by atoms with Gasteiger partial charge in [-0.15, -0.1) is 10.2 Å². The fourth-order valence-electron chi connectivity index (χ4n) is 4.56. The Morgan fingerprint density at radius 3 is 2.70 bits per heavy atom. The van der Waals surface area contributed by atoms with Crippen molar-refractivity contribution >= 4 is 5.91 Å². The summed E-state index contributed by atoms with van der Waals surface area (Å²) in [6, 6.07) is 5.89. The first-order valence-corrected chi connectivity index (χ1v) is 11.7. The number of carbonyl (C=O) groups is 1. The van der Waals surface area contributed by atoms with Gasteiger partial charge < -0.3 is 24.1 Å². The smallest absolute Gasteiger partial charge is 0.226 e. The van der Waals surface area contributed by atoms with Gasteiger partial charge >= 0.3 is 0 Å². The summed E-state index contributed by atoms with van der Waals surface area (Å²) in [6.45, 7) is 8.75. The van der Waals surface area contributed by atoms with Crippen LogP contribution in [0.4, 0.5) is 0 Å². The van der Waals surface area contributed by atoms with Crippen LogP contribution in [0.2, 0.25) is 0 Å². The number of amides is 1. The van der Waals surface area contributed by atoms with Crippen LogP contribution in [0.5, 0.6) is 11.5 Å². The molecule has 2 aromatic rings. The molecule has 2 atom stereocenters. The lowest BCUT2D eigenvalue weighted by Crippen LogP contribution is -2.38. The van der Waals surface area contributed by atoms with Gasteiger partial charge in [-0.05, 0) is 30.0 Å². The molecule has 1 N–H and O–H groups in total. The number of fused-ring (bicyclic) bond motifs is 1. The number of rotatable bonds is 8. The van der Waals surface area contributed by atoms with E-state index in [4.69, 9.17) is 14.2 Å². The molecule has 9 heteroatoms. The number of hydrogen-bond donors (Lipinski definition) is 1. The molecule has 180 valence electrons. The minimum atomic E-state index is -0.170. The van der Waals surface area contributed by atoms with Gasteiger partial charge in [0.25, 0.3) is 0 Å². The Morgan fingerprint density at radius 1 is 1.18 bits per heavy atom. The third-order valence-electron chi connectivity index (χ3n) is 6.54.